The smallest absolute Gasteiger partial charge is 0.173 e. The molecule has 7 heteroatoms. The van der Waals surface area contributed by atoms with Crippen LogP contribution in [-0.4, -0.2) is 25.6 Å². The van der Waals surface area contributed by atoms with Crippen molar-refractivity contribution in [2.24, 2.45) is 5.41 Å². The van der Waals surface area contributed by atoms with Gasteiger partial charge in [-0.1, -0.05) is 26.8 Å². The highest BCUT2D eigenvalue weighted by molar-refractivity contribution is 9.10. The first-order chi connectivity index (χ1) is 11.8. The summed E-state index contributed by atoms with van der Waals surface area (Å²) in [5.41, 5.74) is 2.02. The highest BCUT2D eigenvalue weighted by Gasteiger charge is 2.21. The molecule has 1 atom stereocenters. The van der Waals surface area contributed by atoms with Gasteiger partial charge in [0.1, 0.15) is 11.6 Å². The van der Waals surface area contributed by atoms with Crippen LogP contribution in [0.3, 0.4) is 0 Å². The summed E-state index contributed by atoms with van der Waals surface area (Å²) in [6, 6.07) is 6.24. The Morgan fingerprint density at radius 2 is 2.08 bits per heavy atom. The fourth-order valence-corrected chi connectivity index (χ4v) is 2.62. The van der Waals surface area contributed by atoms with Gasteiger partial charge in [-0.15, -0.1) is 0 Å². The molecule has 3 aromatic rings. The van der Waals surface area contributed by atoms with Gasteiger partial charge in [-0.05, 0) is 39.9 Å². The van der Waals surface area contributed by atoms with Gasteiger partial charge in [0, 0.05) is 31.0 Å². The molecular weight excluding hydrogens is 380 g/mol. The molecule has 0 radical (unpaired) electrons. The van der Waals surface area contributed by atoms with Crippen LogP contribution in [0.25, 0.3) is 5.65 Å². The summed E-state index contributed by atoms with van der Waals surface area (Å²) >= 11 is 3.53. The summed E-state index contributed by atoms with van der Waals surface area (Å²) in [6.45, 7) is 9.46. The van der Waals surface area contributed by atoms with Crippen molar-refractivity contribution < 1.29 is 0 Å². The first kappa shape index (κ1) is 17.7. The fraction of sp³-hybridized carbons (Fsp3) is 0.389. The Hall–Kier alpha value is -2.15. The number of hydrogen-bond acceptors (Lipinski definition) is 5. The Balaban J connectivity index is 1.90. The van der Waals surface area contributed by atoms with Crippen LogP contribution in [0.15, 0.2) is 41.3 Å². The topological polar surface area (TPSA) is 67.1 Å². The Kier molecular flexibility index (Phi) is 4.94. The SMILES string of the molecule is C[C@@H](Nc1cc(NCc2cccnc2)n2ncc(Br)c2n1)C(C)(C)C. The molecule has 3 heterocycles. The quantitative estimate of drug-likeness (QED) is 0.663. The standard InChI is InChI=1S/C18H23BrN6/c1-12(18(2,3)4)23-15-8-16(21-10-13-6-5-7-20-9-13)25-17(24-15)14(19)11-22-25/h5-9,11-12,21H,10H2,1-4H3,(H,23,24)/t12-/m1/s1. The Morgan fingerprint density at radius 3 is 2.76 bits per heavy atom. The lowest BCUT2D eigenvalue weighted by molar-refractivity contribution is 0.359. The maximum atomic E-state index is 4.69. The first-order valence-corrected chi connectivity index (χ1v) is 9.07. The van der Waals surface area contributed by atoms with E-state index < -0.39 is 0 Å². The molecule has 0 amide bonds. The van der Waals surface area contributed by atoms with Crippen LogP contribution in [0.1, 0.15) is 33.3 Å². The van der Waals surface area contributed by atoms with Gasteiger partial charge in [-0.3, -0.25) is 4.98 Å². The normalized spacial score (nSPS) is 13.0. The number of nitrogens with one attached hydrogen (secondary N) is 2. The number of anilines is 2. The molecule has 0 spiro atoms. The van der Waals surface area contributed by atoms with Gasteiger partial charge < -0.3 is 10.6 Å². The van der Waals surface area contributed by atoms with Crippen LogP contribution in [0.5, 0.6) is 0 Å². The predicted octanol–water partition coefficient (Wildman–Crippen LogP) is 4.35. The number of hydrogen-bond donors (Lipinski definition) is 2. The molecule has 0 fully saturated rings. The minimum Gasteiger partial charge on any atom is -0.367 e. The largest absolute Gasteiger partial charge is 0.367 e. The number of halogens is 1. The molecule has 0 saturated heterocycles. The highest BCUT2D eigenvalue weighted by atomic mass is 79.9. The predicted molar refractivity (Wildman–Crippen MR) is 105 cm³/mol. The summed E-state index contributed by atoms with van der Waals surface area (Å²) in [5, 5.41) is 11.3. The molecule has 3 aromatic heterocycles. The Labute approximate surface area is 156 Å². The van der Waals surface area contributed by atoms with Crippen LogP contribution < -0.4 is 10.6 Å². The van der Waals surface area contributed by atoms with E-state index in [1.165, 1.54) is 0 Å². The summed E-state index contributed by atoms with van der Waals surface area (Å²) < 4.78 is 2.66. The molecule has 3 rings (SSSR count). The molecule has 0 unspecified atom stereocenters. The molecule has 2 N–H and O–H groups in total. The fourth-order valence-electron chi connectivity index (χ4n) is 2.27. The third-order valence-electron chi connectivity index (χ3n) is 4.29. The summed E-state index contributed by atoms with van der Waals surface area (Å²) in [5.74, 6) is 1.70. The molecule has 0 aliphatic rings. The minimum atomic E-state index is 0.134. The van der Waals surface area contributed by atoms with E-state index in [0.717, 1.165) is 27.3 Å². The third kappa shape index (κ3) is 4.10. The summed E-state index contributed by atoms with van der Waals surface area (Å²) in [6.07, 6.45) is 5.38. The van der Waals surface area contributed by atoms with Gasteiger partial charge in [0.05, 0.1) is 10.7 Å². The Bertz CT molecular complexity index is 853. The van der Waals surface area contributed by atoms with E-state index in [1.807, 2.05) is 24.4 Å². The third-order valence-corrected chi connectivity index (χ3v) is 4.85. The summed E-state index contributed by atoms with van der Waals surface area (Å²) in [4.78, 5) is 8.85. The second-order valence-electron chi connectivity index (χ2n) is 7.20. The zero-order chi connectivity index (χ0) is 18.0. The van der Waals surface area contributed by atoms with Crippen LogP contribution in [-0.2, 0) is 6.54 Å². The van der Waals surface area contributed by atoms with Crippen molar-refractivity contribution in [3.05, 3.63) is 46.8 Å². The van der Waals surface area contributed by atoms with E-state index in [4.69, 9.17) is 4.98 Å². The van der Waals surface area contributed by atoms with E-state index in [-0.39, 0.29) is 11.5 Å². The zero-order valence-corrected chi connectivity index (χ0v) is 16.5. The van der Waals surface area contributed by atoms with Gasteiger partial charge >= 0.3 is 0 Å². The van der Waals surface area contributed by atoms with Crippen LogP contribution >= 0.6 is 15.9 Å². The van der Waals surface area contributed by atoms with Crippen LogP contribution in [0.4, 0.5) is 11.6 Å². The molecule has 0 aromatic carbocycles. The monoisotopic (exact) mass is 402 g/mol. The second-order valence-corrected chi connectivity index (χ2v) is 8.06. The average Bonchev–Trinajstić information content (AvgIpc) is 2.94. The molecule has 25 heavy (non-hydrogen) atoms. The van der Waals surface area contributed by atoms with Crippen LogP contribution in [0, 0.1) is 5.41 Å². The first-order valence-electron chi connectivity index (χ1n) is 8.28. The number of aromatic nitrogens is 4. The maximum Gasteiger partial charge on any atom is 0.173 e. The van der Waals surface area contributed by atoms with Gasteiger partial charge in [-0.2, -0.15) is 9.61 Å². The molecule has 6 nitrogen and oxygen atoms in total. The molecule has 0 aliphatic carbocycles. The lowest BCUT2D eigenvalue weighted by atomic mass is 9.88. The molecule has 0 bridgehead atoms. The van der Waals surface area contributed by atoms with Gasteiger partial charge in [0.15, 0.2) is 5.65 Å². The molecule has 132 valence electrons. The van der Waals surface area contributed by atoms with E-state index >= 15 is 0 Å². The number of fused-ring (bicyclic) bond motifs is 1. The van der Waals surface area contributed by atoms with Gasteiger partial charge in [0.2, 0.25) is 0 Å². The average molecular weight is 403 g/mol. The lowest BCUT2D eigenvalue weighted by Crippen LogP contribution is -2.31. The number of rotatable bonds is 5. The van der Waals surface area contributed by atoms with E-state index in [1.54, 1.807) is 16.9 Å². The zero-order valence-electron chi connectivity index (χ0n) is 14.9. The van der Waals surface area contributed by atoms with Crippen molar-refractivity contribution in [3.63, 3.8) is 0 Å². The number of nitrogens with zero attached hydrogens (tertiary/aromatic N) is 4. The van der Waals surface area contributed by atoms with Crippen molar-refractivity contribution >= 4 is 33.2 Å². The van der Waals surface area contributed by atoms with E-state index in [2.05, 4.69) is 64.3 Å². The van der Waals surface area contributed by atoms with E-state index in [9.17, 15) is 0 Å². The van der Waals surface area contributed by atoms with Crippen molar-refractivity contribution in [1.82, 2.24) is 19.6 Å². The van der Waals surface area contributed by atoms with Crippen molar-refractivity contribution in [2.45, 2.75) is 40.3 Å². The number of pyridine rings is 1. The van der Waals surface area contributed by atoms with E-state index in [0.29, 0.717) is 6.54 Å². The highest BCUT2D eigenvalue weighted by Crippen LogP contribution is 2.26. The van der Waals surface area contributed by atoms with Crippen LogP contribution in [0.2, 0.25) is 0 Å². The molecular formula is C18H23BrN6. The van der Waals surface area contributed by atoms with Gasteiger partial charge in [0.25, 0.3) is 0 Å². The summed E-state index contributed by atoms with van der Waals surface area (Å²) in [7, 11) is 0. The molecule has 0 aliphatic heterocycles. The van der Waals surface area contributed by atoms with Crippen molar-refractivity contribution in [1.29, 1.82) is 0 Å². The van der Waals surface area contributed by atoms with Crippen molar-refractivity contribution in [3.8, 4) is 0 Å². The van der Waals surface area contributed by atoms with Gasteiger partial charge in [-0.25, -0.2) is 4.98 Å². The van der Waals surface area contributed by atoms with Crippen molar-refractivity contribution in [2.75, 3.05) is 10.6 Å². The minimum absolute atomic E-state index is 0.134. The lowest BCUT2D eigenvalue weighted by Gasteiger charge is -2.28. The second kappa shape index (κ2) is 7.00. The Morgan fingerprint density at radius 1 is 1.28 bits per heavy atom. The maximum absolute atomic E-state index is 4.69. The molecule has 0 saturated carbocycles.